The Morgan fingerprint density at radius 2 is 2.04 bits per heavy atom. The fraction of sp³-hybridized carbons (Fsp3) is 0.389. The predicted octanol–water partition coefficient (Wildman–Crippen LogP) is 3.49. The maximum atomic E-state index is 12.0. The topological polar surface area (TPSA) is 66.9 Å². The minimum absolute atomic E-state index is 0.0340. The summed E-state index contributed by atoms with van der Waals surface area (Å²) in [4.78, 5) is 21.0. The molecule has 1 aliphatic rings. The number of fused-ring (bicyclic) bond motifs is 3. The lowest BCUT2D eigenvalue weighted by molar-refractivity contribution is -0.115. The Morgan fingerprint density at radius 1 is 1.26 bits per heavy atom. The average molecular weight is 310 g/mol. The number of nitrogens with zero attached hydrogens (tertiary/aromatic N) is 2. The van der Waals surface area contributed by atoms with Crippen LogP contribution >= 0.6 is 0 Å². The second-order valence-electron chi connectivity index (χ2n) is 7.08. The van der Waals surface area contributed by atoms with Gasteiger partial charge in [0.25, 0.3) is 0 Å². The normalized spacial score (nSPS) is 13.6. The van der Waals surface area contributed by atoms with E-state index in [0.717, 1.165) is 35.5 Å². The van der Waals surface area contributed by atoms with Gasteiger partial charge in [0.2, 0.25) is 11.9 Å². The van der Waals surface area contributed by atoms with Gasteiger partial charge < -0.3 is 10.6 Å². The minimum atomic E-state index is -0.0340. The Kier molecular flexibility index (Phi) is 4.03. The van der Waals surface area contributed by atoms with Crippen LogP contribution in [0.3, 0.4) is 0 Å². The molecule has 1 aliphatic heterocycles. The number of amides is 1. The van der Waals surface area contributed by atoms with Crippen LogP contribution in [0.2, 0.25) is 0 Å². The Labute approximate surface area is 136 Å². The second kappa shape index (κ2) is 5.99. The molecule has 0 unspecified atom stereocenters. The number of nitrogens with one attached hydrogen (secondary N) is 2. The van der Waals surface area contributed by atoms with Crippen LogP contribution in [0, 0.1) is 5.41 Å². The van der Waals surface area contributed by atoms with E-state index >= 15 is 0 Å². The average Bonchev–Trinajstić information content (AvgIpc) is 2.61. The van der Waals surface area contributed by atoms with Crippen molar-refractivity contribution >= 4 is 17.5 Å². The van der Waals surface area contributed by atoms with E-state index in [2.05, 4.69) is 41.4 Å². The molecule has 0 aliphatic carbocycles. The summed E-state index contributed by atoms with van der Waals surface area (Å²) in [7, 11) is 0. The highest BCUT2D eigenvalue weighted by Gasteiger charge is 2.20. The van der Waals surface area contributed by atoms with Crippen LogP contribution in [-0.2, 0) is 11.2 Å². The van der Waals surface area contributed by atoms with Crippen molar-refractivity contribution in [2.45, 2.75) is 33.6 Å². The minimum Gasteiger partial charge on any atom is -0.354 e. The van der Waals surface area contributed by atoms with Crippen LogP contribution in [0.1, 0.15) is 32.8 Å². The van der Waals surface area contributed by atoms with Gasteiger partial charge in [0.05, 0.1) is 17.8 Å². The summed E-state index contributed by atoms with van der Waals surface area (Å²) in [6.45, 7) is 7.45. The molecule has 0 radical (unpaired) electrons. The number of carbonyl (C=O) groups excluding carboxylic acids is 1. The lowest BCUT2D eigenvalue weighted by atomic mass is 9.92. The van der Waals surface area contributed by atoms with Gasteiger partial charge in [-0.3, -0.25) is 4.79 Å². The number of benzene rings is 1. The molecule has 23 heavy (non-hydrogen) atoms. The van der Waals surface area contributed by atoms with Crippen LogP contribution in [0.4, 0.5) is 11.6 Å². The van der Waals surface area contributed by atoms with Crippen molar-refractivity contribution in [3.05, 3.63) is 36.0 Å². The second-order valence-corrected chi connectivity index (χ2v) is 7.08. The lowest BCUT2D eigenvalue weighted by Gasteiger charge is -2.18. The fourth-order valence-electron chi connectivity index (χ4n) is 2.57. The smallest absolute Gasteiger partial charge is 0.228 e. The zero-order valence-corrected chi connectivity index (χ0v) is 13.8. The van der Waals surface area contributed by atoms with Crippen molar-refractivity contribution in [1.29, 1.82) is 0 Å². The van der Waals surface area contributed by atoms with E-state index in [-0.39, 0.29) is 11.3 Å². The lowest BCUT2D eigenvalue weighted by Crippen LogP contribution is -2.15. The van der Waals surface area contributed by atoms with Gasteiger partial charge in [0, 0.05) is 23.9 Å². The van der Waals surface area contributed by atoms with E-state index < -0.39 is 0 Å². The van der Waals surface area contributed by atoms with Crippen LogP contribution < -0.4 is 10.6 Å². The monoisotopic (exact) mass is 310 g/mol. The SMILES string of the molecule is CC(C)(C)CCNc1ncc2c(n1)-c1ccccc1NC(=O)C2. The van der Waals surface area contributed by atoms with E-state index in [1.807, 2.05) is 24.3 Å². The molecule has 0 bridgehead atoms. The molecule has 2 N–H and O–H groups in total. The van der Waals surface area contributed by atoms with Gasteiger partial charge in [-0.05, 0) is 17.9 Å². The third-order valence-electron chi connectivity index (χ3n) is 3.83. The van der Waals surface area contributed by atoms with Crippen LogP contribution in [0.15, 0.2) is 30.5 Å². The molecule has 2 aromatic rings. The highest BCUT2D eigenvalue weighted by atomic mass is 16.1. The summed E-state index contributed by atoms with van der Waals surface area (Å²) >= 11 is 0. The molecule has 0 spiro atoms. The van der Waals surface area contributed by atoms with Crippen molar-refractivity contribution in [2.75, 3.05) is 17.2 Å². The van der Waals surface area contributed by atoms with Gasteiger partial charge in [-0.15, -0.1) is 0 Å². The third kappa shape index (κ3) is 3.67. The molecule has 0 fully saturated rings. The summed E-state index contributed by atoms with van der Waals surface area (Å²) in [5, 5.41) is 6.21. The van der Waals surface area contributed by atoms with Crippen LogP contribution in [0.5, 0.6) is 0 Å². The van der Waals surface area contributed by atoms with Crippen molar-refractivity contribution in [1.82, 2.24) is 9.97 Å². The first kappa shape index (κ1) is 15.5. The highest BCUT2D eigenvalue weighted by Crippen LogP contribution is 2.32. The van der Waals surface area contributed by atoms with E-state index in [1.165, 1.54) is 0 Å². The number of rotatable bonds is 3. The molecule has 0 atom stereocenters. The Morgan fingerprint density at radius 3 is 2.83 bits per heavy atom. The molecule has 0 saturated heterocycles. The molecule has 0 saturated carbocycles. The van der Waals surface area contributed by atoms with Crippen molar-refractivity contribution in [3.8, 4) is 11.3 Å². The van der Waals surface area contributed by atoms with E-state index in [0.29, 0.717) is 12.4 Å². The number of hydrogen-bond acceptors (Lipinski definition) is 4. The Bertz CT molecular complexity index is 734. The van der Waals surface area contributed by atoms with Gasteiger partial charge in [0.1, 0.15) is 0 Å². The maximum absolute atomic E-state index is 12.0. The molecule has 1 aromatic heterocycles. The fourth-order valence-corrected chi connectivity index (χ4v) is 2.57. The number of carbonyl (C=O) groups is 1. The molecule has 5 heteroatoms. The number of anilines is 2. The molecular formula is C18H22N4O. The molecule has 1 aromatic carbocycles. The molecule has 3 rings (SSSR count). The summed E-state index contributed by atoms with van der Waals surface area (Å²) in [6.07, 6.45) is 3.08. The summed E-state index contributed by atoms with van der Waals surface area (Å²) in [5.41, 5.74) is 3.69. The van der Waals surface area contributed by atoms with Crippen LogP contribution in [-0.4, -0.2) is 22.4 Å². The Balaban J connectivity index is 1.90. The van der Waals surface area contributed by atoms with Gasteiger partial charge in [-0.1, -0.05) is 39.0 Å². The number of aromatic nitrogens is 2. The summed E-state index contributed by atoms with van der Waals surface area (Å²) < 4.78 is 0. The first-order valence-electron chi connectivity index (χ1n) is 7.91. The Hall–Kier alpha value is -2.43. The first-order chi connectivity index (χ1) is 10.9. The van der Waals surface area contributed by atoms with E-state index in [4.69, 9.17) is 0 Å². The molecule has 5 nitrogen and oxygen atoms in total. The highest BCUT2D eigenvalue weighted by molar-refractivity contribution is 5.99. The molecular weight excluding hydrogens is 288 g/mol. The maximum Gasteiger partial charge on any atom is 0.228 e. The zero-order chi connectivity index (χ0) is 16.4. The number of para-hydroxylation sites is 1. The first-order valence-corrected chi connectivity index (χ1v) is 7.91. The van der Waals surface area contributed by atoms with E-state index in [9.17, 15) is 4.79 Å². The summed E-state index contributed by atoms with van der Waals surface area (Å²) in [6, 6.07) is 7.74. The van der Waals surface area contributed by atoms with Gasteiger partial charge in [0.15, 0.2) is 0 Å². The van der Waals surface area contributed by atoms with Gasteiger partial charge >= 0.3 is 0 Å². The standard InChI is InChI=1S/C18H22N4O/c1-18(2,3)8-9-19-17-20-11-12-10-15(23)21-14-7-5-4-6-13(14)16(12)22-17/h4-7,11H,8-10H2,1-3H3,(H,21,23)(H,19,20,22). The predicted molar refractivity (Wildman–Crippen MR) is 92.4 cm³/mol. The van der Waals surface area contributed by atoms with Crippen molar-refractivity contribution in [2.24, 2.45) is 5.41 Å². The quantitative estimate of drug-likeness (QED) is 0.910. The van der Waals surface area contributed by atoms with E-state index in [1.54, 1.807) is 6.20 Å². The van der Waals surface area contributed by atoms with Gasteiger partial charge in [-0.2, -0.15) is 0 Å². The summed E-state index contributed by atoms with van der Waals surface area (Å²) in [5.74, 6) is 0.574. The molecule has 2 heterocycles. The van der Waals surface area contributed by atoms with Crippen LogP contribution in [0.25, 0.3) is 11.3 Å². The third-order valence-corrected chi connectivity index (χ3v) is 3.83. The number of hydrogen-bond donors (Lipinski definition) is 2. The van der Waals surface area contributed by atoms with Crippen molar-refractivity contribution in [3.63, 3.8) is 0 Å². The van der Waals surface area contributed by atoms with Gasteiger partial charge in [-0.25, -0.2) is 9.97 Å². The molecule has 1 amide bonds. The van der Waals surface area contributed by atoms with Crippen molar-refractivity contribution < 1.29 is 4.79 Å². The molecule has 120 valence electrons. The zero-order valence-electron chi connectivity index (χ0n) is 13.8. The largest absolute Gasteiger partial charge is 0.354 e.